The van der Waals surface area contributed by atoms with Crippen LogP contribution < -0.4 is 126 Å². The van der Waals surface area contributed by atoms with Crippen molar-refractivity contribution in [2.24, 2.45) is 57.7 Å². The van der Waals surface area contributed by atoms with Gasteiger partial charge >= 0.3 is 5.97 Å². The van der Waals surface area contributed by atoms with Crippen LogP contribution in [-0.2, 0) is 99.1 Å². The van der Waals surface area contributed by atoms with E-state index in [1.54, 1.807) is 27.7 Å². The summed E-state index contributed by atoms with van der Waals surface area (Å²) in [6, 6.07) is -16.0. The third kappa shape index (κ3) is 37.3. The number of rotatable bonds is 57. The number of aliphatic carboxylic acids is 1. The average molecular weight is 1880 g/mol. The number of nitrogens with zero attached hydrogens (tertiary/aromatic N) is 1. The molecule has 51 heteroatoms. The average Bonchev–Trinajstić information content (AvgIpc) is 1.62. The first-order valence-electron chi connectivity index (χ1n) is 41.8. The third-order valence-corrected chi connectivity index (χ3v) is 21.3. The summed E-state index contributed by atoms with van der Waals surface area (Å²) in [5, 5.41) is 105. The first kappa shape index (κ1) is 112. The zero-order valence-corrected chi connectivity index (χ0v) is 75.1. The van der Waals surface area contributed by atoms with Crippen molar-refractivity contribution in [3.63, 3.8) is 0 Å². The Kier molecular flexibility index (Phi) is 47.7. The monoisotopic (exact) mass is 1880 g/mol. The number of aromatic hydroxyl groups is 2. The van der Waals surface area contributed by atoms with Crippen molar-refractivity contribution >= 4 is 138 Å². The van der Waals surface area contributed by atoms with Gasteiger partial charge in [0.25, 0.3) is 0 Å². The Hall–Kier alpha value is -11.8. The molecule has 49 nitrogen and oxygen atoms in total. The van der Waals surface area contributed by atoms with E-state index < -0.39 is 284 Å². The van der Waals surface area contributed by atoms with E-state index in [1.165, 1.54) is 62.4 Å². The highest BCUT2D eigenvalue weighted by Crippen LogP contribution is 2.24. The number of carbonyl (C=O) groups excluding carboxylic acids is 17. The van der Waals surface area contributed by atoms with Crippen molar-refractivity contribution in [1.82, 2.24) is 84.7 Å². The van der Waals surface area contributed by atoms with E-state index in [0.29, 0.717) is 5.56 Å². The van der Waals surface area contributed by atoms with Crippen LogP contribution in [0.2, 0.25) is 0 Å². The van der Waals surface area contributed by atoms with Gasteiger partial charge in [-0.15, -0.1) is 0 Å². The predicted octanol–water partition coefficient (Wildman–Crippen LogP) is -11.8. The molecule has 0 aromatic heterocycles. The number of carboxylic acid groups (broad SMARTS) is 1. The Bertz CT molecular complexity index is 4230. The normalized spacial score (nSPS) is 17.0. The van der Waals surface area contributed by atoms with Crippen molar-refractivity contribution in [3.8, 4) is 11.5 Å². The van der Waals surface area contributed by atoms with E-state index >= 15 is 0 Å². The summed E-state index contributed by atoms with van der Waals surface area (Å²) in [7, 11) is 0. The number of phenolic OH excluding ortho intramolecular Hbond substituents is 2. The molecule has 17 amide bonds. The number of nitrogens with one attached hydrogen (secondary N) is 16. The summed E-state index contributed by atoms with van der Waals surface area (Å²) in [5.41, 5.74) is 46.7. The largest absolute Gasteiger partial charge is 0.508 e. The summed E-state index contributed by atoms with van der Waals surface area (Å²) in [6.07, 6.45) is -7.60. The van der Waals surface area contributed by atoms with E-state index in [9.17, 15) is 117 Å². The molecule has 130 heavy (non-hydrogen) atoms. The van der Waals surface area contributed by atoms with Gasteiger partial charge in [-0.1, -0.05) is 58.4 Å². The lowest BCUT2D eigenvalue weighted by molar-refractivity contribution is -0.142. The number of β-amino-alcohol motifs (C(OH)–C–C–N with tert-alkyl or cyclic N) is 1. The summed E-state index contributed by atoms with van der Waals surface area (Å²) in [5.74, 6) is -22.7. The van der Waals surface area contributed by atoms with Crippen LogP contribution >= 0.6 is 25.3 Å². The predicted molar refractivity (Wildman–Crippen MR) is 474 cm³/mol. The van der Waals surface area contributed by atoms with Gasteiger partial charge in [-0.2, -0.15) is 25.3 Å². The molecule has 0 aliphatic carbocycles. The third-order valence-electron chi connectivity index (χ3n) is 20.7. The van der Waals surface area contributed by atoms with Crippen molar-refractivity contribution < 1.29 is 117 Å². The van der Waals surface area contributed by atoms with Crippen LogP contribution in [-0.4, -0.2) is 313 Å². The second-order valence-electron chi connectivity index (χ2n) is 32.1. The number of nitrogens with two attached hydrogens (primary N) is 8. The molecular weight excluding hydrogens is 1750 g/mol. The number of carbonyl (C=O) groups is 18. The number of benzene rings is 2. The minimum atomic E-state index is -2.06. The molecule has 726 valence electrons. The molecule has 1 aliphatic heterocycles. The summed E-state index contributed by atoms with van der Waals surface area (Å²) >= 11 is 8.74. The van der Waals surface area contributed by atoms with Gasteiger partial charge in [0.05, 0.1) is 37.7 Å². The number of guanidine groups is 1. The summed E-state index contributed by atoms with van der Waals surface area (Å²) in [6.45, 7) is 7.69. The van der Waals surface area contributed by atoms with E-state index in [4.69, 9.17) is 51.3 Å². The maximum absolute atomic E-state index is 14.7. The molecule has 1 aliphatic rings. The van der Waals surface area contributed by atoms with Crippen molar-refractivity contribution in [2.45, 2.75) is 239 Å². The molecule has 1 heterocycles. The Morgan fingerprint density at radius 2 is 0.846 bits per heavy atom. The van der Waals surface area contributed by atoms with Crippen LogP contribution in [0.4, 0.5) is 0 Å². The van der Waals surface area contributed by atoms with E-state index in [2.05, 4.69) is 105 Å². The number of likely N-dealkylation sites (tertiary alicyclic amines) is 1. The SMILES string of the molecule is CC[C@H](C)[C@H](NC(=O)[C@@H]1C[C@@H](O)CN1C(=O)[C@@H](N)C(C)C)C(=O)N[C@H](C(=O)N[C@@H](Cc1ccc(O)cc1)C(=O)N[C@@H](CO)C(=O)N[C@@H](CC(N)=O)C(=O)N[C@@H](CCCNC(=N)N)C(=O)N[C@@H](CCN)C(=O)N[C@H](C(=O)N[C@H](CCN)C(=O)N[C@@H](CC(N)=O)C(=O)N[C@@H](CCN)C(=O)N[C@@H](CCN)C(=O)N[C@@H](CS)C(=O)N[C@@H](Cc1ccc(O)cc1)C(=O)O)[C@@H](C)O)C(C)(C)S. The molecule has 0 spiro atoms. The van der Waals surface area contributed by atoms with Gasteiger partial charge < -0.3 is 161 Å². The fourth-order valence-electron chi connectivity index (χ4n) is 13.0. The molecule has 0 unspecified atom stereocenters. The number of primary amides is 2. The number of thiol groups is 2. The lowest BCUT2D eigenvalue weighted by Gasteiger charge is -2.34. The zero-order valence-electron chi connectivity index (χ0n) is 73.3. The number of amides is 17. The standard InChI is InChI=1S/C79H129N25O24S2/c1-8-37(4)59(101-72(122)55-30-43(109)33-104(55)76(126)58(86)36(2)3)73(123)103-61(79(6,7)130)75(125)97-49(28-39-11-15-41(107)16-12-39)67(117)99-53(34-105)70(120)96-51(32-57(85)111)68(118)90-44(10-9-27-89-78(87)88)62(112)92-48(22-26-83)66(116)102-60(38(5)106)74(124)94-47(21-25-82)64(114)95-50(31-56(84)110)69(119)93-45(19-23-80)63(113)91-46(20-24-81)65(115)100-54(35-129)71(121)98-52(77(127)128)29-40-13-17-42(108)18-14-40/h11-18,36-38,43-55,58-61,105-109,129-130H,8-10,19-35,80-83,86H2,1-7H3,(H2,84,110)(H2,85,111)(H,90,118)(H,91,113)(H,92,112)(H,93,119)(H,94,124)(H,95,114)(H,96,120)(H,97,125)(H,98,121)(H,99,117)(H,100,115)(H,101,122)(H,102,116)(H,103,123)(H,127,128)(H4,87,88,89)/t37-,38+,43+,44-,45-,46-,47+,48-,49-,50-,51-,52-,53-,54-,55-,58-,59-,60-,61+/m0/s1. The highest BCUT2D eigenvalue weighted by molar-refractivity contribution is 7.81. The number of carboxylic acids is 1. The first-order valence-corrected chi connectivity index (χ1v) is 42.9. The quantitative estimate of drug-likeness (QED) is 0.0127. The van der Waals surface area contributed by atoms with Gasteiger partial charge in [0, 0.05) is 42.9 Å². The van der Waals surface area contributed by atoms with E-state index in [1.807, 2.05) is 0 Å². The zero-order chi connectivity index (χ0) is 98.3. The van der Waals surface area contributed by atoms with Gasteiger partial charge in [0.1, 0.15) is 102 Å². The highest BCUT2D eigenvalue weighted by atomic mass is 32.1. The van der Waals surface area contributed by atoms with Crippen LogP contribution in [0.25, 0.3) is 0 Å². The minimum Gasteiger partial charge on any atom is -0.508 e. The van der Waals surface area contributed by atoms with Crippen LogP contribution in [0, 0.1) is 17.2 Å². The summed E-state index contributed by atoms with van der Waals surface area (Å²) < 4.78 is -1.49. The fraction of sp³-hybridized carbons (Fsp3) is 0.608. The molecule has 38 N–H and O–H groups in total. The van der Waals surface area contributed by atoms with Crippen molar-refractivity contribution in [3.05, 3.63) is 59.7 Å². The highest BCUT2D eigenvalue weighted by Gasteiger charge is 2.46. The van der Waals surface area contributed by atoms with Crippen LogP contribution in [0.15, 0.2) is 48.5 Å². The van der Waals surface area contributed by atoms with Gasteiger partial charge in [0.15, 0.2) is 5.96 Å². The molecule has 19 atom stereocenters. The molecule has 0 radical (unpaired) electrons. The van der Waals surface area contributed by atoms with E-state index in [0.717, 1.165) is 11.8 Å². The number of aliphatic hydroxyl groups is 3. The van der Waals surface area contributed by atoms with Crippen LogP contribution in [0.1, 0.15) is 124 Å². The molecular formula is C79H129N25O24S2. The van der Waals surface area contributed by atoms with Crippen molar-refractivity contribution in [1.29, 1.82) is 5.41 Å². The molecule has 2 aromatic rings. The Morgan fingerprint density at radius 1 is 0.492 bits per heavy atom. The molecule has 1 fully saturated rings. The van der Waals surface area contributed by atoms with Crippen LogP contribution in [0.5, 0.6) is 11.5 Å². The summed E-state index contributed by atoms with van der Waals surface area (Å²) in [4.78, 5) is 251. The van der Waals surface area contributed by atoms with E-state index in [-0.39, 0.29) is 100.0 Å². The van der Waals surface area contributed by atoms with Crippen molar-refractivity contribution in [2.75, 3.05) is 51.6 Å². The fourth-order valence-corrected chi connectivity index (χ4v) is 13.5. The molecule has 1 saturated heterocycles. The van der Waals surface area contributed by atoms with Gasteiger partial charge in [-0.05, 0) is 133 Å². The van der Waals surface area contributed by atoms with Crippen LogP contribution in [0.3, 0.4) is 0 Å². The number of aliphatic hydroxyl groups excluding tert-OH is 3. The topological polar surface area (TPSA) is 844 Å². The maximum Gasteiger partial charge on any atom is 0.326 e. The van der Waals surface area contributed by atoms with Gasteiger partial charge in [0.2, 0.25) is 100 Å². The Balaban J connectivity index is 1.89. The lowest BCUT2D eigenvalue weighted by Crippen LogP contribution is -2.64. The lowest BCUT2D eigenvalue weighted by atomic mass is 9.95. The molecule has 0 bridgehead atoms. The smallest absolute Gasteiger partial charge is 0.326 e. The second kappa shape index (κ2) is 55.2. The van der Waals surface area contributed by atoms with Gasteiger partial charge in [-0.3, -0.25) is 86.9 Å². The Labute approximate surface area is 760 Å². The second-order valence-corrected chi connectivity index (χ2v) is 33.6. The molecule has 2 aromatic carbocycles. The molecule has 3 rings (SSSR count). The minimum absolute atomic E-state index is 0.0978. The maximum atomic E-state index is 14.7. The number of phenols is 2. The van der Waals surface area contributed by atoms with Gasteiger partial charge in [-0.25, -0.2) is 4.79 Å². The molecule has 0 saturated carbocycles. The number of hydrogen-bond donors (Lipinski definition) is 32. The number of hydrogen-bond acceptors (Lipinski definition) is 31. The first-order chi connectivity index (χ1) is 61.0. The Morgan fingerprint density at radius 3 is 1.23 bits per heavy atom.